The number of rotatable bonds is 1. The molecule has 2 aliphatic rings. The van der Waals surface area contributed by atoms with Gasteiger partial charge in [-0.1, -0.05) is 12.1 Å². The molecule has 1 aromatic rings. The monoisotopic (exact) mass is 258 g/mol. The summed E-state index contributed by atoms with van der Waals surface area (Å²) >= 11 is 1.50. The lowest BCUT2D eigenvalue weighted by molar-refractivity contribution is -0.130. The van der Waals surface area contributed by atoms with Gasteiger partial charge >= 0.3 is 5.97 Å². The topological polar surface area (TPSA) is 41.9 Å². The number of allylic oxidation sites excluding steroid dienone is 3. The van der Waals surface area contributed by atoms with Gasteiger partial charge in [0, 0.05) is 13.2 Å². The van der Waals surface area contributed by atoms with Crippen LogP contribution in [-0.4, -0.2) is 23.8 Å². The van der Waals surface area contributed by atoms with Crippen molar-refractivity contribution in [3.8, 4) is 0 Å². The smallest absolute Gasteiger partial charge is 0.366 e. The highest BCUT2D eigenvalue weighted by Gasteiger charge is 2.28. The van der Waals surface area contributed by atoms with Gasteiger partial charge in [0.2, 0.25) is 5.90 Å². The number of aliphatic imine (C=N–C) groups is 1. The lowest BCUT2D eigenvalue weighted by Gasteiger charge is -2.17. The Morgan fingerprint density at radius 3 is 3.00 bits per heavy atom. The Kier molecular flexibility index (Phi) is 2.60. The number of hydrogen-bond acceptors (Lipinski definition) is 5. The van der Waals surface area contributed by atoms with Gasteiger partial charge in [-0.05, 0) is 23.6 Å². The second-order valence-electron chi connectivity index (χ2n) is 3.83. The Balaban J connectivity index is 2.03. The van der Waals surface area contributed by atoms with Crippen LogP contribution < -0.4 is 0 Å². The second-order valence-corrected chi connectivity index (χ2v) is 4.78. The van der Waals surface area contributed by atoms with E-state index in [1.54, 1.807) is 0 Å². The van der Waals surface area contributed by atoms with Crippen LogP contribution in [0.3, 0.4) is 0 Å². The standard InChI is InChI=1S/C13H10N2O2S/c1-15-7-3-2-5-9(15)11-13(16)17-12(14-11)10-6-4-8-18-10/h2-8H,1H3/b11-9-. The third-order valence-electron chi connectivity index (χ3n) is 2.63. The first-order chi connectivity index (χ1) is 8.75. The third kappa shape index (κ3) is 1.78. The number of ether oxygens (including phenoxy) is 1. The van der Waals surface area contributed by atoms with E-state index < -0.39 is 5.97 Å². The minimum atomic E-state index is -0.403. The van der Waals surface area contributed by atoms with Crippen LogP contribution in [0.1, 0.15) is 4.88 Å². The summed E-state index contributed by atoms with van der Waals surface area (Å²) in [5, 5.41) is 1.92. The average molecular weight is 258 g/mol. The summed E-state index contributed by atoms with van der Waals surface area (Å²) < 4.78 is 5.20. The molecule has 4 nitrogen and oxygen atoms in total. The van der Waals surface area contributed by atoms with Gasteiger partial charge in [-0.25, -0.2) is 9.79 Å². The van der Waals surface area contributed by atoms with E-state index in [1.165, 1.54) is 11.3 Å². The number of hydrogen-bond donors (Lipinski definition) is 0. The largest absolute Gasteiger partial charge is 0.401 e. The lowest BCUT2D eigenvalue weighted by atomic mass is 10.2. The zero-order valence-corrected chi connectivity index (χ0v) is 10.5. The minimum Gasteiger partial charge on any atom is -0.401 e. The Bertz CT molecular complexity index is 609. The van der Waals surface area contributed by atoms with Crippen molar-refractivity contribution in [3.63, 3.8) is 0 Å². The van der Waals surface area contributed by atoms with Crippen molar-refractivity contribution >= 4 is 23.2 Å². The quantitative estimate of drug-likeness (QED) is 0.573. The molecule has 0 fully saturated rings. The molecule has 3 heterocycles. The number of esters is 1. The molecule has 0 aliphatic carbocycles. The van der Waals surface area contributed by atoms with Crippen LogP contribution in [0.5, 0.6) is 0 Å². The summed E-state index contributed by atoms with van der Waals surface area (Å²) in [6.45, 7) is 0. The first-order valence-electron chi connectivity index (χ1n) is 5.42. The van der Waals surface area contributed by atoms with Crippen LogP contribution >= 0.6 is 11.3 Å². The van der Waals surface area contributed by atoms with Crippen molar-refractivity contribution in [2.45, 2.75) is 0 Å². The summed E-state index contributed by atoms with van der Waals surface area (Å²) in [6.07, 6.45) is 7.48. The first kappa shape index (κ1) is 11.0. The predicted molar refractivity (Wildman–Crippen MR) is 70.0 cm³/mol. The van der Waals surface area contributed by atoms with Crippen LogP contribution in [0.15, 0.2) is 58.3 Å². The summed E-state index contributed by atoms with van der Waals surface area (Å²) in [4.78, 5) is 18.8. The van der Waals surface area contributed by atoms with E-state index in [1.807, 2.05) is 53.9 Å². The molecule has 0 spiro atoms. The molecule has 0 radical (unpaired) electrons. The van der Waals surface area contributed by atoms with Crippen molar-refractivity contribution in [1.29, 1.82) is 0 Å². The molecule has 0 saturated heterocycles. The Morgan fingerprint density at radius 2 is 2.28 bits per heavy atom. The minimum absolute atomic E-state index is 0.349. The van der Waals surface area contributed by atoms with Crippen molar-refractivity contribution < 1.29 is 9.53 Å². The van der Waals surface area contributed by atoms with Crippen LogP contribution in [-0.2, 0) is 9.53 Å². The molecule has 0 amide bonds. The SMILES string of the molecule is CN1C=CC=C/C1=C1/N=C(c2cccs2)OC1=O. The summed E-state index contributed by atoms with van der Waals surface area (Å²) in [6, 6.07) is 3.78. The van der Waals surface area contributed by atoms with Gasteiger partial charge in [-0.3, -0.25) is 0 Å². The molecular formula is C13H10N2O2S. The van der Waals surface area contributed by atoms with Crippen LogP contribution in [0.4, 0.5) is 0 Å². The first-order valence-corrected chi connectivity index (χ1v) is 6.30. The van der Waals surface area contributed by atoms with E-state index in [0.29, 0.717) is 11.6 Å². The van der Waals surface area contributed by atoms with Gasteiger partial charge < -0.3 is 9.64 Å². The molecule has 0 unspecified atom stereocenters. The number of likely N-dealkylation sites (N-methyl/N-ethyl adjacent to an activating group) is 1. The number of carbonyl (C=O) groups is 1. The fraction of sp³-hybridized carbons (Fsp3) is 0.0769. The van der Waals surface area contributed by atoms with E-state index >= 15 is 0 Å². The number of carbonyl (C=O) groups excluding carboxylic acids is 1. The lowest BCUT2D eigenvalue weighted by Crippen LogP contribution is -2.15. The molecule has 1 aromatic heterocycles. The van der Waals surface area contributed by atoms with E-state index in [9.17, 15) is 4.79 Å². The molecule has 0 aromatic carbocycles. The number of cyclic esters (lactones) is 1. The molecule has 0 atom stereocenters. The van der Waals surface area contributed by atoms with E-state index in [-0.39, 0.29) is 0 Å². The van der Waals surface area contributed by atoms with E-state index in [0.717, 1.165) is 10.6 Å². The normalized spacial score (nSPS) is 22.4. The molecule has 0 N–H and O–H groups in total. The van der Waals surface area contributed by atoms with Gasteiger partial charge in [0.05, 0.1) is 10.6 Å². The maximum Gasteiger partial charge on any atom is 0.366 e. The maximum absolute atomic E-state index is 11.9. The summed E-state index contributed by atoms with van der Waals surface area (Å²) in [7, 11) is 1.87. The fourth-order valence-electron chi connectivity index (χ4n) is 1.74. The van der Waals surface area contributed by atoms with Crippen molar-refractivity contribution in [2.75, 3.05) is 7.05 Å². The second kappa shape index (κ2) is 4.27. The highest BCUT2D eigenvalue weighted by molar-refractivity contribution is 7.12. The van der Waals surface area contributed by atoms with Crippen molar-refractivity contribution in [3.05, 3.63) is 58.2 Å². The van der Waals surface area contributed by atoms with Gasteiger partial charge in [0.15, 0.2) is 5.70 Å². The fourth-order valence-corrected chi connectivity index (χ4v) is 2.39. The van der Waals surface area contributed by atoms with Crippen LogP contribution in [0, 0.1) is 0 Å². The van der Waals surface area contributed by atoms with Gasteiger partial charge in [-0.15, -0.1) is 11.3 Å². The van der Waals surface area contributed by atoms with E-state index in [4.69, 9.17) is 4.74 Å². The van der Waals surface area contributed by atoms with E-state index in [2.05, 4.69) is 4.99 Å². The molecule has 18 heavy (non-hydrogen) atoms. The Morgan fingerprint density at radius 1 is 1.39 bits per heavy atom. The van der Waals surface area contributed by atoms with Crippen molar-refractivity contribution in [2.24, 2.45) is 4.99 Å². The molecule has 2 aliphatic heterocycles. The summed E-state index contributed by atoms with van der Waals surface area (Å²) in [5.74, 6) is -0.0194. The highest BCUT2D eigenvalue weighted by atomic mass is 32.1. The zero-order valence-electron chi connectivity index (χ0n) is 9.66. The maximum atomic E-state index is 11.9. The molecule has 0 saturated carbocycles. The molecular weight excluding hydrogens is 248 g/mol. The predicted octanol–water partition coefficient (Wildman–Crippen LogP) is 2.28. The van der Waals surface area contributed by atoms with Gasteiger partial charge in [0.25, 0.3) is 0 Å². The number of nitrogens with zero attached hydrogens (tertiary/aromatic N) is 2. The van der Waals surface area contributed by atoms with Crippen LogP contribution in [0.25, 0.3) is 0 Å². The highest BCUT2D eigenvalue weighted by Crippen LogP contribution is 2.24. The summed E-state index contributed by atoms with van der Waals surface area (Å²) in [5.41, 5.74) is 1.09. The van der Waals surface area contributed by atoms with Gasteiger partial charge in [0.1, 0.15) is 0 Å². The molecule has 0 bridgehead atoms. The molecule has 3 rings (SSSR count). The molecule has 5 heteroatoms. The Hall–Kier alpha value is -2.14. The molecule has 90 valence electrons. The van der Waals surface area contributed by atoms with Crippen molar-refractivity contribution in [1.82, 2.24) is 4.90 Å². The van der Waals surface area contributed by atoms with Gasteiger partial charge in [-0.2, -0.15) is 0 Å². The average Bonchev–Trinajstić information content (AvgIpc) is 2.99. The number of thiophene rings is 1. The van der Waals surface area contributed by atoms with Crippen LogP contribution in [0.2, 0.25) is 0 Å². The zero-order chi connectivity index (χ0) is 12.5. The third-order valence-corrected chi connectivity index (χ3v) is 3.48. The Labute approximate surface area is 108 Å².